The summed E-state index contributed by atoms with van der Waals surface area (Å²) in [6.45, 7) is 8.86. The molecule has 1 aromatic rings. The van der Waals surface area contributed by atoms with Crippen molar-refractivity contribution in [2.45, 2.75) is 40.0 Å². The highest BCUT2D eigenvalue weighted by molar-refractivity contribution is 5.16. The van der Waals surface area contributed by atoms with E-state index >= 15 is 0 Å². The molecule has 0 amide bonds. The Morgan fingerprint density at radius 3 is 2.41 bits per heavy atom. The highest BCUT2D eigenvalue weighted by atomic mass is 19.1. The van der Waals surface area contributed by atoms with Crippen molar-refractivity contribution in [3.8, 4) is 0 Å². The van der Waals surface area contributed by atoms with Gasteiger partial charge in [0.05, 0.1) is 0 Å². The largest absolute Gasteiger partial charge is 0.316 e. The number of halogens is 1. The summed E-state index contributed by atoms with van der Waals surface area (Å²) in [5.41, 5.74) is 1.51. The lowest BCUT2D eigenvalue weighted by Gasteiger charge is -2.25. The second kappa shape index (κ2) is 6.75. The first-order chi connectivity index (χ1) is 8.03. The molecular formula is C15H24FN. The molecule has 0 aliphatic rings. The molecule has 1 N–H and O–H groups in total. The molecule has 0 unspecified atom stereocenters. The van der Waals surface area contributed by atoms with Gasteiger partial charge in [-0.2, -0.15) is 0 Å². The molecule has 0 radical (unpaired) electrons. The van der Waals surface area contributed by atoms with Gasteiger partial charge in [0, 0.05) is 6.54 Å². The minimum absolute atomic E-state index is 0.155. The summed E-state index contributed by atoms with van der Waals surface area (Å²) in [6.07, 6.45) is 3.31. The zero-order chi connectivity index (χ0) is 12.7. The summed E-state index contributed by atoms with van der Waals surface area (Å²) < 4.78 is 12.8. The first-order valence-electron chi connectivity index (χ1n) is 6.49. The summed E-state index contributed by atoms with van der Waals surface area (Å²) >= 11 is 0. The number of rotatable bonds is 7. The Labute approximate surface area is 104 Å². The number of aryl methyl sites for hydroxylation is 1. The summed E-state index contributed by atoms with van der Waals surface area (Å²) in [6, 6.07) is 6.84. The van der Waals surface area contributed by atoms with E-state index < -0.39 is 0 Å². The van der Waals surface area contributed by atoms with E-state index in [1.54, 1.807) is 0 Å². The van der Waals surface area contributed by atoms with Gasteiger partial charge in [-0.25, -0.2) is 4.39 Å². The third-order valence-electron chi connectivity index (χ3n) is 3.03. The van der Waals surface area contributed by atoms with Crippen LogP contribution in [-0.4, -0.2) is 13.1 Å². The Morgan fingerprint density at radius 1 is 1.18 bits per heavy atom. The van der Waals surface area contributed by atoms with Crippen LogP contribution in [0.3, 0.4) is 0 Å². The number of benzene rings is 1. The van der Waals surface area contributed by atoms with Crippen LogP contribution in [0.4, 0.5) is 4.39 Å². The predicted molar refractivity (Wildman–Crippen MR) is 71.7 cm³/mol. The van der Waals surface area contributed by atoms with Crippen molar-refractivity contribution >= 4 is 0 Å². The van der Waals surface area contributed by atoms with Crippen molar-refractivity contribution in [2.24, 2.45) is 5.41 Å². The first-order valence-corrected chi connectivity index (χ1v) is 6.49. The molecule has 17 heavy (non-hydrogen) atoms. The van der Waals surface area contributed by atoms with Gasteiger partial charge in [-0.1, -0.05) is 32.9 Å². The molecule has 0 aliphatic heterocycles. The van der Waals surface area contributed by atoms with E-state index in [1.165, 1.54) is 24.1 Å². The Morgan fingerprint density at radius 2 is 1.82 bits per heavy atom. The van der Waals surface area contributed by atoms with Crippen molar-refractivity contribution in [2.75, 3.05) is 13.1 Å². The first kappa shape index (κ1) is 14.2. The van der Waals surface area contributed by atoms with Gasteiger partial charge in [-0.05, 0) is 48.9 Å². The van der Waals surface area contributed by atoms with Gasteiger partial charge >= 0.3 is 0 Å². The van der Waals surface area contributed by atoms with Gasteiger partial charge in [0.25, 0.3) is 0 Å². The smallest absolute Gasteiger partial charge is 0.123 e. The molecule has 0 saturated carbocycles. The number of nitrogens with one attached hydrogen (secondary N) is 1. The fourth-order valence-corrected chi connectivity index (χ4v) is 1.83. The highest BCUT2D eigenvalue weighted by Gasteiger charge is 2.16. The normalized spacial score (nSPS) is 11.8. The Bertz CT molecular complexity index is 316. The maximum Gasteiger partial charge on any atom is 0.123 e. The van der Waals surface area contributed by atoms with Crippen molar-refractivity contribution in [1.82, 2.24) is 5.32 Å². The van der Waals surface area contributed by atoms with Gasteiger partial charge in [-0.3, -0.25) is 0 Å². The van der Waals surface area contributed by atoms with E-state index in [1.807, 2.05) is 12.1 Å². The van der Waals surface area contributed by atoms with E-state index in [0.29, 0.717) is 5.41 Å². The highest BCUT2D eigenvalue weighted by Crippen LogP contribution is 2.22. The van der Waals surface area contributed by atoms with Crippen LogP contribution < -0.4 is 5.32 Å². The van der Waals surface area contributed by atoms with Crippen LogP contribution in [0, 0.1) is 11.2 Å². The molecule has 2 heteroatoms. The van der Waals surface area contributed by atoms with Gasteiger partial charge in [0.2, 0.25) is 0 Å². The van der Waals surface area contributed by atoms with Crippen LogP contribution >= 0.6 is 0 Å². The topological polar surface area (TPSA) is 12.0 Å². The molecule has 0 aliphatic carbocycles. The average Bonchev–Trinajstić information content (AvgIpc) is 2.29. The van der Waals surface area contributed by atoms with E-state index in [0.717, 1.165) is 25.9 Å². The van der Waals surface area contributed by atoms with Crippen LogP contribution in [0.5, 0.6) is 0 Å². The summed E-state index contributed by atoms with van der Waals surface area (Å²) in [5.74, 6) is -0.155. The lowest BCUT2D eigenvalue weighted by atomic mass is 9.86. The molecule has 0 saturated heterocycles. The molecule has 0 aromatic heterocycles. The standard InChI is InChI=1S/C15H24FN/c1-4-11-17-12-15(2,3)10-9-13-5-7-14(16)8-6-13/h5-8,17H,4,9-12H2,1-3H3. The van der Waals surface area contributed by atoms with Crippen molar-refractivity contribution in [3.63, 3.8) is 0 Å². The van der Waals surface area contributed by atoms with Crippen LogP contribution in [0.2, 0.25) is 0 Å². The van der Waals surface area contributed by atoms with E-state index in [4.69, 9.17) is 0 Å². The zero-order valence-electron chi connectivity index (χ0n) is 11.2. The zero-order valence-corrected chi connectivity index (χ0v) is 11.2. The lowest BCUT2D eigenvalue weighted by Crippen LogP contribution is -2.30. The van der Waals surface area contributed by atoms with Gasteiger partial charge in [0.1, 0.15) is 5.82 Å². The summed E-state index contributed by atoms with van der Waals surface area (Å²) in [7, 11) is 0. The third-order valence-corrected chi connectivity index (χ3v) is 3.03. The van der Waals surface area contributed by atoms with E-state index in [2.05, 4.69) is 26.1 Å². The van der Waals surface area contributed by atoms with Crippen molar-refractivity contribution < 1.29 is 4.39 Å². The van der Waals surface area contributed by atoms with E-state index in [9.17, 15) is 4.39 Å². The maximum atomic E-state index is 12.8. The Balaban J connectivity index is 2.35. The quantitative estimate of drug-likeness (QED) is 0.712. The minimum atomic E-state index is -0.155. The van der Waals surface area contributed by atoms with Crippen LogP contribution in [0.1, 0.15) is 39.2 Å². The monoisotopic (exact) mass is 237 g/mol. The Hall–Kier alpha value is -0.890. The maximum absolute atomic E-state index is 12.8. The van der Waals surface area contributed by atoms with Crippen molar-refractivity contribution in [3.05, 3.63) is 35.6 Å². The molecule has 0 fully saturated rings. The fraction of sp³-hybridized carbons (Fsp3) is 0.600. The average molecular weight is 237 g/mol. The van der Waals surface area contributed by atoms with Crippen molar-refractivity contribution in [1.29, 1.82) is 0 Å². The van der Waals surface area contributed by atoms with Gasteiger partial charge < -0.3 is 5.32 Å². The summed E-state index contributed by atoms with van der Waals surface area (Å²) in [4.78, 5) is 0. The minimum Gasteiger partial charge on any atom is -0.316 e. The van der Waals surface area contributed by atoms with E-state index in [-0.39, 0.29) is 5.82 Å². The summed E-state index contributed by atoms with van der Waals surface area (Å²) in [5, 5.41) is 3.46. The second-order valence-electron chi connectivity index (χ2n) is 5.47. The third kappa shape index (κ3) is 5.83. The molecule has 0 atom stereocenters. The molecule has 1 nitrogen and oxygen atoms in total. The Kier molecular flexibility index (Phi) is 5.63. The fourth-order valence-electron chi connectivity index (χ4n) is 1.83. The second-order valence-corrected chi connectivity index (χ2v) is 5.47. The molecule has 1 aromatic carbocycles. The number of hydrogen-bond donors (Lipinski definition) is 1. The van der Waals surface area contributed by atoms with Crippen LogP contribution in [0.25, 0.3) is 0 Å². The lowest BCUT2D eigenvalue weighted by molar-refractivity contribution is 0.315. The SMILES string of the molecule is CCCNCC(C)(C)CCc1ccc(F)cc1. The van der Waals surface area contributed by atoms with Crippen LogP contribution in [0.15, 0.2) is 24.3 Å². The molecule has 96 valence electrons. The molecule has 0 heterocycles. The number of hydrogen-bond acceptors (Lipinski definition) is 1. The van der Waals surface area contributed by atoms with Crippen LogP contribution in [-0.2, 0) is 6.42 Å². The van der Waals surface area contributed by atoms with Gasteiger partial charge in [0.15, 0.2) is 0 Å². The predicted octanol–water partition coefficient (Wildman–Crippen LogP) is 3.78. The molecule has 0 spiro atoms. The molecule has 0 bridgehead atoms. The molecular weight excluding hydrogens is 213 g/mol. The van der Waals surface area contributed by atoms with Gasteiger partial charge in [-0.15, -0.1) is 0 Å². The molecule has 1 rings (SSSR count).